The molecule has 0 radical (unpaired) electrons. The highest BCUT2D eigenvalue weighted by Crippen LogP contribution is 2.39. The summed E-state index contributed by atoms with van der Waals surface area (Å²) in [6.07, 6.45) is 2.46. The number of aromatic nitrogens is 1. The molecule has 130 valence electrons. The standard InChI is InChI=1S/C14H12BFN2O5S2/c16-9-2-1-7-3-8(15(22)23-12(7)11(9)13(20)21)5-24-14-17-4-10(25-14)18-6-19/h1-2,4,6,8,22H,3,5H2,(H,18,19)(H,20,21)/t8-/m1/s1. The first kappa shape index (κ1) is 17.7. The summed E-state index contributed by atoms with van der Waals surface area (Å²) in [5.41, 5.74) is -0.0238. The Kier molecular flexibility index (Phi) is 5.26. The van der Waals surface area contributed by atoms with Gasteiger partial charge in [0.25, 0.3) is 0 Å². The van der Waals surface area contributed by atoms with E-state index in [0.29, 0.717) is 33.5 Å². The lowest BCUT2D eigenvalue weighted by molar-refractivity contribution is -0.105. The second-order valence-electron chi connectivity index (χ2n) is 5.25. The highest BCUT2D eigenvalue weighted by atomic mass is 32.2. The molecule has 7 nitrogen and oxygen atoms in total. The lowest BCUT2D eigenvalue weighted by Gasteiger charge is -2.28. The molecule has 0 saturated carbocycles. The predicted octanol–water partition coefficient (Wildman–Crippen LogP) is 2.13. The summed E-state index contributed by atoms with van der Waals surface area (Å²) in [5.74, 6) is -2.30. The van der Waals surface area contributed by atoms with Gasteiger partial charge in [0.05, 0.1) is 6.20 Å². The average molecular weight is 382 g/mol. The van der Waals surface area contributed by atoms with Crippen LogP contribution in [-0.4, -0.2) is 40.4 Å². The Hall–Kier alpha value is -2.11. The number of thiazole rings is 1. The molecule has 1 aromatic heterocycles. The molecule has 0 unspecified atom stereocenters. The summed E-state index contributed by atoms with van der Waals surface area (Å²) in [5, 5.41) is 22.4. The Morgan fingerprint density at radius 1 is 1.60 bits per heavy atom. The summed E-state index contributed by atoms with van der Waals surface area (Å²) in [7, 11) is -1.24. The number of carbonyl (C=O) groups is 2. The van der Waals surface area contributed by atoms with Gasteiger partial charge >= 0.3 is 13.1 Å². The third-order valence-electron chi connectivity index (χ3n) is 3.63. The predicted molar refractivity (Wildman–Crippen MR) is 91.9 cm³/mol. The fourth-order valence-corrected chi connectivity index (χ4v) is 4.45. The van der Waals surface area contributed by atoms with E-state index in [1.54, 1.807) is 0 Å². The number of nitrogens with zero attached hydrogens (tertiary/aromatic N) is 1. The van der Waals surface area contributed by atoms with E-state index >= 15 is 0 Å². The molecule has 0 spiro atoms. The van der Waals surface area contributed by atoms with Gasteiger partial charge in [0, 0.05) is 11.6 Å². The maximum absolute atomic E-state index is 13.7. The van der Waals surface area contributed by atoms with Crippen LogP contribution in [0.25, 0.3) is 0 Å². The van der Waals surface area contributed by atoms with Gasteiger partial charge in [0.15, 0.2) is 4.34 Å². The van der Waals surface area contributed by atoms with Crippen LogP contribution < -0.4 is 9.97 Å². The maximum atomic E-state index is 13.7. The third kappa shape index (κ3) is 3.78. The summed E-state index contributed by atoms with van der Waals surface area (Å²) in [6.45, 7) is 0. The lowest BCUT2D eigenvalue weighted by atomic mass is 9.67. The Balaban J connectivity index is 1.72. The van der Waals surface area contributed by atoms with Crippen molar-refractivity contribution in [2.24, 2.45) is 0 Å². The van der Waals surface area contributed by atoms with Crippen molar-refractivity contribution < 1.29 is 28.8 Å². The number of thioether (sulfide) groups is 1. The topological polar surface area (TPSA) is 109 Å². The van der Waals surface area contributed by atoms with E-state index in [1.165, 1.54) is 35.4 Å². The van der Waals surface area contributed by atoms with Gasteiger partial charge in [0.1, 0.15) is 22.1 Å². The fraction of sp³-hybridized carbons (Fsp3) is 0.214. The number of carbonyl (C=O) groups excluding carboxylic acids is 1. The maximum Gasteiger partial charge on any atom is 0.527 e. The van der Waals surface area contributed by atoms with Crippen molar-refractivity contribution in [2.45, 2.75) is 16.6 Å². The summed E-state index contributed by atoms with van der Waals surface area (Å²) in [6, 6.07) is 2.56. The zero-order valence-corrected chi connectivity index (χ0v) is 14.3. The molecule has 0 aliphatic carbocycles. The van der Waals surface area contributed by atoms with Gasteiger partial charge in [-0.05, 0) is 18.1 Å². The smallest absolute Gasteiger partial charge is 0.527 e. The number of fused-ring (bicyclic) bond motifs is 1. The van der Waals surface area contributed by atoms with Crippen molar-refractivity contribution in [1.29, 1.82) is 0 Å². The molecular formula is C14H12BFN2O5S2. The van der Waals surface area contributed by atoms with Gasteiger partial charge in [-0.15, -0.1) is 0 Å². The first-order chi connectivity index (χ1) is 12.0. The molecular weight excluding hydrogens is 370 g/mol. The molecule has 2 aromatic rings. The van der Waals surface area contributed by atoms with Gasteiger partial charge in [-0.2, -0.15) is 0 Å². The van der Waals surface area contributed by atoms with Crippen LogP contribution in [-0.2, 0) is 11.2 Å². The fourth-order valence-electron chi connectivity index (χ4n) is 2.47. The molecule has 1 aliphatic heterocycles. The summed E-state index contributed by atoms with van der Waals surface area (Å²) < 4.78 is 19.7. The number of carboxylic acid groups (broad SMARTS) is 1. The van der Waals surface area contributed by atoms with E-state index in [9.17, 15) is 19.0 Å². The molecule has 3 N–H and O–H groups in total. The number of nitrogens with one attached hydrogen (secondary N) is 1. The zero-order valence-electron chi connectivity index (χ0n) is 12.6. The van der Waals surface area contributed by atoms with Crippen LogP contribution >= 0.6 is 23.1 Å². The number of rotatable bonds is 6. The minimum absolute atomic E-state index is 0.118. The Morgan fingerprint density at radius 3 is 3.12 bits per heavy atom. The molecule has 2 heterocycles. The van der Waals surface area contributed by atoms with Crippen LogP contribution in [0.5, 0.6) is 5.75 Å². The number of amides is 1. The number of aromatic carboxylic acids is 1. The first-order valence-electron chi connectivity index (χ1n) is 7.17. The average Bonchev–Trinajstić information content (AvgIpc) is 3.00. The van der Waals surface area contributed by atoms with Crippen molar-refractivity contribution in [1.82, 2.24) is 4.98 Å². The molecule has 1 aromatic carbocycles. The van der Waals surface area contributed by atoms with Gasteiger partial charge in [0.2, 0.25) is 6.41 Å². The van der Waals surface area contributed by atoms with Gasteiger partial charge in [-0.25, -0.2) is 14.2 Å². The van der Waals surface area contributed by atoms with Crippen LogP contribution in [0.2, 0.25) is 5.82 Å². The van der Waals surface area contributed by atoms with E-state index in [1.807, 2.05) is 0 Å². The molecule has 0 saturated heterocycles. The second-order valence-corrected chi connectivity index (χ2v) is 7.55. The number of anilines is 1. The van der Waals surface area contributed by atoms with Crippen molar-refractivity contribution in [2.75, 3.05) is 11.1 Å². The number of hydrogen-bond acceptors (Lipinski definition) is 7. The van der Waals surface area contributed by atoms with Crippen LogP contribution in [0.15, 0.2) is 22.7 Å². The SMILES string of the molecule is O=CNc1cnc(SC[C@H]2Cc3ccc(F)c(C(=O)O)c3OB2O)s1. The van der Waals surface area contributed by atoms with E-state index < -0.39 is 24.5 Å². The Labute approximate surface area is 150 Å². The van der Waals surface area contributed by atoms with E-state index in [0.717, 1.165) is 6.07 Å². The molecule has 1 aliphatic rings. The number of hydrogen-bond donors (Lipinski definition) is 3. The van der Waals surface area contributed by atoms with Crippen molar-refractivity contribution >= 4 is 47.6 Å². The van der Waals surface area contributed by atoms with Crippen LogP contribution in [0.1, 0.15) is 15.9 Å². The normalized spacial score (nSPS) is 16.1. The molecule has 0 fully saturated rings. The Morgan fingerprint density at radius 2 is 2.40 bits per heavy atom. The van der Waals surface area contributed by atoms with Crippen LogP contribution in [0.4, 0.5) is 9.39 Å². The lowest BCUT2D eigenvalue weighted by Crippen LogP contribution is -2.36. The molecule has 3 rings (SSSR count). The summed E-state index contributed by atoms with van der Waals surface area (Å²) >= 11 is 2.69. The van der Waals surface area contributed by atoms with Crippen molar-refractivity contribution in [3.05, 3.63) is 35.3 Å². The van der Waals surface area contributed by atoms with Gasteiger partial charge in [-0.1, -0.05) is 29.2 Å². The van der Waals surface area contributed by atoms with Gasteiger partial charge < -0.3 is 20.1 Å². The quantitative estimate of drug-likeness (QED) is 0.399. The third-order valence-corrected chi connectivity index (χ3v) is 5.91. The van der Waals surface area contributed by atoms with E-state index in [4.69, 9.17) is 9.76 Å². The minimum Gasteiger partial charge on any atom is -0.535 e. The monoisotopic (exact) mass is 382 g/mol. The number of benzene rings is 1. The van der Waals surface area contributed by atoms with E-state index in [-0.39, 0.29) is 11.6 Å². The summed E-state index contributed by atoms with van der Waals surface area (Å²) in [4.78, 5) is 25.7. The molecule has 1 atom stereocenters. The van der Waals surface area contributed by atoms with E-state index in [2.05, 4.69) is 10.3 Å². The highest BCUT2D eigenvalue weighted by molar-refractivity contribution is 8.01. The number of halogens is 1. The molecule has 11 heteroatoms. The highest BCUT2D eigenvalue weighted by Gasteiger charge is 2.37. The van der Waals surface area contributed by atoms with Crippen LogP contribution in [0, 0.1) is 5.82 Å². The second kappa shape index (κ2) is 7.42. The largest absolute Gasteiger partial charge is 0.535 e. The number of carboxylic acids is 1. The van der Waals surface area contributed by atoms with Gasteiger partial charge in [-0.3, -0.25) is 4.79 Å². The minimum atomic E-state index is -1.44. The molecule has 25 heavy (non-hydrogen) atoms. The molecule has 1 amide bonds. The zero-order chi connectivity index (χ0) is 18.0. The Bertz CT molecular complexity index is 819. The first-order valence-corrected chi connectivity index (χ1v) is 8.98. The van der Waals surface area contributed by atoms with Crippen molar-refractivity contribution in [3.8, 4) is 5.75 Å². The molecule has 0 bridgehead atoms. The van der Waals surface area contributed by atoms with Crippen LogP contribution in [0.3, 0.4) is 0 Å². The van der Waals surface area contributed by atoms with Crippen molar-refractivity contribution in [3.63, 3.8) is 0 Å².